The van der Waals surface area contributed by atoms with Crippen molar-refractivity contribution in [2.24, 2.45) is 5.92 Å². The highest BCUT2D eigenvalue weighted by Crippen LogP contribution is 2.51. The zero-order chi connectivity index (χ0) is 20.9. The first kappa shape index (κ1) is 19.7. The maximum absolute atomic E-state index is 12.5. The second kappa shape index (κ2) is 7.49. The normalized spacial score (nSPS) is 26.8. The highest BCUT2D eigenvalue weighted by atomic mass is 19.4. The zero-order valence-electron chi connectivity index (χ0n) is 17.0. The molecular formula is C24H27F3N2O. The molecule has 1 aliphatic heterocycles. The van der Waals surface area contributed by atoms with Crippen molar-refractivity contribution in [3.05, 3.63) is 59.7 Å². The molecule has 0 saturated heterocycles. The lowest BCUT2D eigenvalue weighted by Crippen LogP contribution is -2.49. The highest BCUT2D eigenvalue weighted by Gasteiger charge is 2.46. The number of nitrogens with one attached hydrogen (secondary N) is 1. The average molecular weight is 416 g/mol. The number of hydrogen-bond donors (Lipinski definition) is 1. The predicted octanol–water partition coefficient (Wildman–Crippen LogP) is 6.13. The fraction of sp³-hybridized carbons (Fsp3) is 0.500. The second-order valence-corrected chi connectivity index (χ2v) is 8.84. The Hall–Kier alpha value is -2.21. The summed E-state index contributed by atoms with van der Waals surface area (Å²) < 4.78 is 41.5. The Balaban J connectivity index is 1.46. The van der Waals surface area contributed by atoms with Gasteiger partial charge < -0.3 is 15.0 Å². The van der Waals surface area contributed by atoms with Crippen LogP contribution >= 0.6 is 0 Å². The van der Waals surface area contributed by atoms with Gasteiger partial charge in [-0.1, -0.05) is 36.8 Å². The predicted molar refractivity (Wildman–Crippen MR) is 110 cm³/mol. The van der Waals surface area contributed by atoms with E-state index < -0.39 is 6.36 Å². The molecule has 2 aromatic carbocycles. The molecule has 0 aromatic heterocycles. The van der Waals surface area contributed by atoms with Crippen molar-refractivity contribution in [2.45, 2.75) is 69.6 Å². The molecule has 0 spiro atoms. The third-order valence-electron chi connectivity index (χ3n) is 6.87. The van der Waals surface area contributed by atoms with E-state index in [2.05, 4.69) is 46.1 Å². The third-order valence-corrected chi connectivity index (χ3v) is 6.87. The Morgan fingerprint density at radius 2 is 1.73 bits per heavy atom. The number of alkyl halides is 3. The van der Waals surface area contributed by atoms with Gasteiger partial charge in [0.2, 0.25) is 0 Å². The molecule has 2 aliphatic carbocycles. The van der Waals surface area contributed by atoms with Gasteiger partial charge in [-0.25, -0.2) is 0 Å². The molecule has 0 radical (unpaired) electrons. The lowest BCUT2D eigenvalue weighted by atomic mass is 9.81. The van der Waals surface area contributed by atoms with Gasteiger partial charge in [-0.05, 0) is 67.9 Å². The summed E-state index contributed by atoms with van der Waals surface area (Å²) in [5.41, 5.74) is 3.61. The third kappa shape index (κ3) is 3.78. The number of hydrogen-bond acceptors (Lipinski definition) is 3. The van der Waals surface area contributed by atoms with Crippen molar-refractivity contribution in [1.82, 2.24) is 5.32 Å². The maximum Gasteiger partial charge on any atom is 0.573 e. The molecule has 2 fully saturated rings. The van der Waals surface area contributed by atoms with Gasteiger partial charge in [-0.2, -0.15) is 0 Å². The van der Waals surface area contributed by atoms with E-state index in [1.165, 1.54) is 49.1 Å². The smallest absolute Gasteiger partial charge is 0.406 e. The van der Waals surface area contributed by atoms with Crippen LogP contribution < -0.4 is 15.0 Å². The molecule has 4 unspecified atom stereocenters. The second-order valence-electron chi connectivity index (χ2n) is 8.84. The summed E-state index contributed by atoms with van der Waals surface area (Å²) in [6, 6.07) is 16.5. The molecule has 6 heteroatoms. The van der Waals surface area contributed by atoms with Crippen LogP contribution in [0.4, 0.5) is 18.9 Å². The van der Waals surface area contributed by atoms with Crippen LogP contribution in [0.2, 0.25) is 0 Å². The molecule has 2 saturated carbocycles. The first-order chi connectivity index (χ1) is 14.4. The van der Waals surface area contributed by atoms with E-state index in [1.54, 1.807) is 12.1 Å². The van der Waals surface area contributed by atoms with Crippen LogP contribution in [0, 0.1) is 5.92 Å². The Kier molecular flexibility index (Phi) is 4.92. The molecule has 30 heavy (non-hydrogen) atoms. The quantitative estimate of drug-likeness (QED) is 0.635. The number of ether oxygens (including phenoxy) is 1. The summed E-state index contributed by atoms with van der Waals surface area (Å²) in [4.78, 5) is 2.51. The minimum absolute atomic E-state index is 0.0681. The van der Waals surface area contributed by atoms with E-state index in [0.717, 1.165) is 12.0 Å². The number of anilines is 1. The highest BCUT2D eigenvalue weighted by molar-refractivity contribution is 5.60. The molecule has 3 nitrogen and oxygen atoms in total. The minimum atomic E-state index is -4.67. The fourth-order valence-corrected chi connectivity index (χ4v) is 5.42. The lowest BCUT2D eigenvalue weighted by Gasteiger charge is -2.48. The van der Waals surface area contributed by atoms with E-state index in [1.807, 2.05) is 0 Å². The standard InChI is InChI=1S/C24H27F3N2O/c1-15(16-9-13-18(14-10-16)30-24(25,26)27)29-21-7-3-2-5-19(21)23(28-17-11-12-17)20-6-4-8-22(20)29/h2-3,5,7,9-10,13-15,17,20,22-23,28H,4,6,8,11-12H2,1H3. The average Bonchev–Trinajstić information content (AvgIpc) is 3.40. The van der Waals surface area contributed by atoms with Crippen LogP contribution in [0.25, 0.3) is 0 Å². The topological polar surface area (TPSA) is 24.5 Å². The summed E-state index contributed by atoms with van der Waals surface area (Å²) in [6.07, 6.45) is 1.45. The van der Waals surface area contributed by atoms with Crippen molar-refractivity contribution in [3.63, 3.8) is 0 Å². The molecule has 5 rings (SSSR count). The fourth-order valence-electron chi connectivity index (χ4n) is 5.42. The number of para-hydroxylation sites is 1. The van der Waals surface area contributed by atoms with Gasteiger partial charge >= 0.3 is 6.36 Å². The summed E-state index contributed by atoms with van der Waals surface area (Å²) >= 11 is 0. The van der Waals surface area contributed by atoms with E-state index >= 15 is 0 Å². The molecule has 0 amide bonds. The van der Waals surface area contributed by atoms with Crippen LogP contribution in [-0.2, 0) is 0 Å². The van der Waals surface area contributed by atoms with Gasteiger partial charge in [-0.15, -0.1) is 13.2 Å². The molecule has 1 heterocycles. The van der Waals surface area contributed by atoms with Gasteiger partial charge in [0, 0.05) is 23.8 Å². The van der Waals surface area contributed by atoms with Crippen molar-refractivity contribution in [3.8, 4) is 5.75 Å². The van der Waals surface area contributed by atoms with E-state index in [4.69, 9.17) is 0 Å². The van der Waals surface area contributed by atoms with Crippen LogP contribution in [0.3, 0.4) is 0 Å². The van der Waals surface area contributed by atoms with Gasteiger partial charge in [0.1, 0.15) is 5.75 Å². The molecule has 160 valence electrons. The van der Waals surface area contributed by atoms with Crippen molar-refractivity contribution in [1.29, 1.82) is 0 Å². The first-order valence-corrected chi connectivity index (χ1v) is 10.9. The number of benzene rings is 2. The Bertz CT molecular complexity index is 894. The van der Waals surface area contributed by atoms with Gasteiger partial charge in [0.05, 0.1) is 6.04 Å². The SMILES string of the molecule is CC(c1ccc(OC(F)(F)F)cc1)N1c2ccccc2C(NC2CC2)C2CCCC21. The maximum atomic E-state index is 12.5. The van der Waals surface area contributed by atoms with Crippen LogP contribution in [-0.4, -0.2) is 18.4 Å². The first-order valence-electron chi connectivity index (χ1n) is 10.9. The number of rotatable bonds is 5. The molecule has 4 atom stereocenters. The van der Waals surface area contributed by atoms with E-state index in [0.29, 0.717) is 24.0 Å². The monoisotopic (exact) mass is 416 g/mol. The van der Waals surface area contributed by atoms with Crippen molar-refractivity contribution >= 4 is 5.69 Å². The molecule has 2 aromatic rings. The molecule has 0 bridgehead atoms. The van der Waals surface area contributed by atoms with E-state index in [-0.39, 0.29) is 11.8 Å². The van der Waals surface area contributed by atoms with Gasteiger partial charge in [0.25, 0.3) is 0 Å². The lowest BCUT2D eigenvalue weighted by molar-refractivity contribution is -0.274. The zero-order valence-corrected chi connectivity index (χ0v) is 17.0. The van der Waals surface area contributed by atoms with E-state index in [9.17, 15) is 13.2 Å². The Labute approximate surface area is 175 Å². The molecular weight excluding hydrogens is 389 g/mol. The van der Waals surface area contributed by atoms with Crippen LogP contribution in [0.1, 0.15) is 62.2 Å². The largest absolute Gasteiger partial charge is 0.573 e. The summed E-state index contributed by atoms with van der Waals surface area (Å²) in [7, 11) is 0. The van der Waals surface area contributed by atoms with Crippen molar-refractivity contribution < 1.29 is 17.9 Å². The molecule has 1 N–H and O–H groups in total. The number of halogens is 3. The van der Waals surface area contributed by atoms with Crippen molar-refractivity contribution in [2.75, 3.05) is 4.90 Å². The summed E-state index contributed by atoms with van der Waals surface area (Å²) in [5, 5.41) is 3.90. The Morgan fingerprint density at radius 1 is 1.00 bits per heavy atom. The van der Waals surface area contributed by atoms with Gasteiger partial charge in [0.15, 0.2) is 0 Å². The minimum Gasteiger partial charge on any atom is -0.406 e. The summed E-state index contributed by atoms with van der Waals surface area (Å²) in [6.45, 7) is 2.15. The van der Waals surface area contributed by atoms with Crippen LogP contribution in [0.5, 0.6) is 5.75 Å². The van der Waals surface area contributed by atoms with Crippen LogP contribution in [0.15, 0.2) is 48.5 Å². The van der Waals surface area contributed by atoms with Gasteiger partial charge in [-0.3, -0.25) is 0 Å². The molecule has 3 aliphatic rings. The number of fused-ring (bicyclic) bond motifs is 2. The summed E-state index contributed by atoms with van der Waals surface area (Å²) in [5.74, 6) is 0.390. The number of nitrogens with zero attached hydrogens (tertiary/aromatic N) is 1. The Morgan fingerprint density at radius 3 is 2.43 bits per heavy atom.